The predicted octanol–water partition coefficient (Wildman–Crippen LogP) is 2.40. The van der Waals surface area contributed by atoms with E-state index < -0.39 is 0 Å². The zero-order valence-corrected chi connectivity index (χ0v) is 16.1. The van der Waals surface area contributed by atoms with Crippen LogP contribution in [0.2, 0.25) is 0 Å². The summed E-state index contributed by atoms with van der Waals surface area (Å²) in [5.74, 6) is 1.68. The number of hydrogen-bond acceptors (Lipinski definition) is 3. The molecule has 140 valence electrons. The van der Waals surface area contributed by atoms with Gasteiger partial charge in [-0.2, -0.15) is 0 Å². The van der Waals surface area contributed by atoms with Crippen LogP contribution < -0.4 is 15.4 Å². The van der Waals surface area contributed by atoms with Crippen LogP contribution in [0, 0.1) is 0 Å². The Hall–Kier alpha value is -2.24. The highest BCUT2D eigenvalue weighted by Gasteiger charge is 2.10. The van der Waals surface area contributed by atoms with E-state index in [0.717, 1.165) is 30.2 Å². The lowest BCUT2D eigenvalue weighted by Gasteiger charge is -2.23. The second-order valence-electron chi connectivity index (χ2n) is 6.03. The van der Waals surface area contributed by atoms with Crippen molar-refractivity contribution in [3.8, 4) is 5.75 Å². The summed E-state index contributed by atoms with van der Waals surface area (Å²) in [7, 11) is 3.65. The van der Waals surface area contributed by atoms with Gasteiger partial charge in [-0.1, -0.05) is 25.1 Å². The summed E-state index contributed by atoms with van der Waals surface area (Å²) in [5, 5.41) is 6.23. The molecule has 1 aromatic carbocycles. The molecular formula is C19H32N4O2. The smallest absolute Gasteiger partial charge is 0.222 e. The van der Waals surface area contributed by atoms with E-state index in [-0.39, 0.29) is 11.9 Å². The molecule has 0 spiro atoms. The Morgan fingerprint density at radius 2 is 2.04 bits per heavy atom. The Labute approximate surface area is 151 Å². The van der Waals surface area contributed by atoms with Crippen molar-refractivity contribution in [2.45, 2.75) is 46.2 Å². The van der Waals surface area contributed by atoms with E-state index in [4.69, 9.17) is 4.74 Å². The van der Waals surface area contributed by atoms with Crippen LogP contribution in [0.3, 0.4) is 0 Å². The standard InChI is InChI=1S/C19H32N4O2/c1-6-15(3)22-18(24)12-13-21-19(20-7-2)23(4)14-16-10-8-9-11-17(16)25-5/h8-11,15H,6-7,12-14H2,1-5H3,(H,20,21)(H,22,24). The third-order valence-electron chi connectivity index (χ3n) is 3.92. The van der Waals surface area contributed by atoms with Crippen LogP contribution in [-0.2, 0) is 11.3 Å². The molecule has 0 bridgehead atoms. The van der Waals surface area contributed by atoms with Crippen LogP contribution in [0.4, 0.5) is 0 Å². The fraction of sp³-hybridized carbons (Fsp3) is 0.579. The highest BCUT2D eigenvalue weighted by Crippen LogP contribution is 2.18. The molecule has 0 heterocycles. The van der Waals surface area contributed by atoms with Crippen molar-refractivity contribution in [2.75, 3.05) is 27.2 Å². The minimum atomic E-state index is 0.0429. The lowest BCUT2D eigenvalue weighted by atomic mass is 10.2. The van der Waals surface area contributed by atoms with Crippen molar-refractivity contribution in [3.63, 3.8) is 0 Å². The molecule has 1 unspecified atom stereocenters. The first-order chi connectivity index (χ1) is 12.0. The maximum Gasteiger partial charge on any atom is 0.222 e. The fourth-order valence-electron chi connectivity index (χ4n) is 2.35. The van der Waals surface area contributed by atoms with Crippen LogP contribution in [0.5, 0.6) is 5.75 Å². The third kappa shape index (κ3) is 7.45. The van der Waals surface area contributed by atoms with Crippen LogP contribution in [0.25, 0.3) is 0 Å². The fourth-order valence-corrected chi connectivity index (χ4v) is 2.35. The highest BCUT2D eigenvalue weighted by atomic mass is 16.5. The summed E-state index contributed by atoms with van der Waals surface area (Å²) in [6.07, 6.45) is 1.32. The molecular weight excluding hydrogens is 316 g/mol. The molecule has 0 fully saturated rings. The van der Waals surface area contributed by atoms with Gasteiger partial charge >= 0.3 is 0 Å². The quantitative estimate of drug-likeness (QED) is 0.531. The molecule has 0 aliphatic rings. The first-order valence-corrected chi connectivity index (χ1v) is 8.92. The van der Waals surface area contributed by atoms with Crippen LogP contribution in [0.15, 0.2) is 29.3 Å². The first-order valence-electron chi connectivity index (χ1n) is 8.92. The van der Waals surface area contributed by atoms with Crippen molar-refractivity contribution in [1.29, 1.82) is 0 Å². The number of methoxy groups -OCH3 is 1. The summed E-state index contributed by atoms with van der Waals surface area (Å²) in [5.41, 5.74) is 1.09. The SMILES string of the molecule is CCNC(=NCCC(=O)NC(C)CC)N(C)Cc1ccccc1OC. The predicted molar refractivity (Wildman–Crippen MR) is 103 cm³/mol. The van der Waals surface area contributed by atoms with Gasteiger partial charge in [0.05, 0.1) is 13.7 Å². The molecule has 1 amide bonds. The zero-order valence-electron chi connectivity index (χ0n) is 16.1. The van der Waals surface area contributed by atoms with Crippen molar-refractivity contribution in [2.24, 2.45) is 4.99 Å². The van der Waals surface area contributed by atoms with E-state index in [1.165, 1.54) is 0 Å². The Balaban J connectivity index is 2.66. The molecule has 2 N–H and O–H groups in total. The van der Waals surface area contributed by atoms with E-state index in [9.17, 15) is 4.79 Å². The number of hydrogen-bond donors (Lipinski definition) is 2. The average molecular weight is 348 g/mol. The number of para-hydroxylation sites is 1. The van der Waals surface area contributed by atoms with Crippen molar-refractivity contribution >= 4 is 11.9 Å². The van der Waals surface area contributed by atoms with Gasteiger partial charge in [-0.05, 0) is 26.3 Å². The zero-order chi connectivity index (χ0) is 18.7. The maximum absolute atomic E-state index is 11.9. The molecule has 25 heavy (non-hydrogen) atoms. The number of benzene rings is 1. The number of rotatable bonds is 9. The van der Waals surface area contributed by atoms with Gasteiger partial charge in [0, 0.05) is 38.2 Å². The highest BCUT2D eigenvalue weighted by molar-refractivity contribution is 5.81. The maximum atomic E-state index is 11.9. The van der Waals surface area contributed by atoms with Gasteiger partial charge in [-0.15, -0.1) is 0 Å². The molecule has 0 aliphatic heterocycles. The minimum absolute atomic E-state index is 0.0429. The number of carbonyl (C=O) groups is 1. The minimum Gasteiger partial charge on any atom is -0.496 e. The number of nitrogens with zero attached hydrogens (tertiary/aromatic N) is 2. The third-order valence-corrected chi connectivity index (χ3v) is 3.92. The van der Waals surface area contributed by atoms with Gasteiger partial charge in [0.2, 0.25) is 5.91 Å². The molecule has 0 aromatic heterocycles. The Morgan fingerprint density at radius 1 is 1.32 bits per heavy atom. The van der Waals surface area contributed by atoms with E-state index >= 15 is 0 Å². The van der Waals surface area contributed by atoms with Crippen molar-refractivity contribution in [3.05, 3.63) is 29.8 Å². The van der Waals surface area contributed by atoms with Gasteiger partial charge in [0.25, 0.3) is 0 Å². The summed E-state index contributed by atoms with van der Waals surface area (Å²) in [6.45, 7) is 8.00. The molecule has 6 heteroatoms. The molecule has 0 radical (unpaired) electrons. The summed E-state index contributed by atoms with van der Waals surface area (Å²) < 4.78 is 5.41. The number of guanidine groups is 1. The number of amides is 1. The average Bonchev–Trinajstić information content (AvgIpc) is 2.61. The van der Waals surface area contributed by atoms with Gasteiger partial charge in [-0.25, -0.2) is 0 Å². The number of ether oxygens (including phenoxy) is 1. The number of nitrogens with one attached hydrogen (secondary N) is 2. The topological polar surface area (TPSA) is 66.0 Å². The number of aliphatic imine (C=N–C) groups is 1. The summed E-state index contributed by atoms with van der Waals surface area (Å²) >= 11 is 0. The normalized spacial score (nSPS) is 12.4. The second-order valence-corrected chi connectivity index (χ2v) is 6.03. The van der Waals surface area contributed by atoms with Crippen LogP contribution in [-0.4, -0.2) is 50.1 Å². The molecule has 1 rings (SSSR count). The van der Waals surface area contributed by atoms with Crippen molar-refractivity contribution < 1.29 is 9.53 Å². The number of carbonyl (C=O) groups excluding carboxylic acids is 1. The summed E-state index contributed by atoms with van der Waals surface area (Å²) in [4.78, 5) is 18.5. The Kier molecular flexibility index (Phi) is 9.43. The Morgan fingerprint density at radius 3 is 2.68 bits per heavy atom. The van der Waals surface area contributed by atoms with Gasteiger partial charge in [0.15, 0.2) is 5.96 Å². The molecule has 0 saturated carbocycles. The monoisotopic (exact) mass is 348 g/mol. The van der Waals surface area contributed by atoms with Gasteiger partial charge in [-0.3, -0.25) is 9.79 Å². The molecule has 0 aliphatic carbocycles. The molecule has 0 saturated heterocycles. The van der Waals surface area contributed by atoms with Crippen molar-refractivity contribution in [1.82, 2.24) is 15.5 Å². The van der Waals surface area contributed by atoms with Crippen LogP contribution in [0.1, 0.15) is 39.2 Å². The van der Waals surface area contributed by atoms with E-state index in [1.807, 2.05) is 50.1 Å². The lowest BCUT2D eigenvalue weighted by molar-refractivity contribution is -0.121. The van der Waals surface area contributed by atoms with Gasteiger partial charge in [0.1, 0.15) is 5.75 Å². The van der Waals surface area contributed by atoms with Gasteiger partial charge < -0.3 is 20.3 Å². The van der Waals surface area contributed by atoms with E-state index in [1.54, 1.807) is 7.11 Å². The lowest BCUT2D eigenvalue weighted by Crippen LogP contribution is -2.39. The summed E-state index contributed by atoms with van der Waals surface area (Å²) in [6, 6.07) is 8.15. The molecule has 1 atom stereocenters. The first kappa shape index (κ1) is 20.8. The Bertz CT molecular complexity index is 560. The van der Waals surface area contributed by atoms with Crippen LogP contribution >= 0.6 is 0 Å². The van der Waals surface area contributed by atoms with E-state index in [2.05, 4.69) is 22.5 Å². The van der Waals surface area contributed by atoms with E-state index in [0.29, 0.717) is 19.5 Å². The largest absolute Gasteiger partial charge is 0.496 e. The molecule has 1 aromatic rings. The molecule has 6 nitrogen and oxygen atoms in total. The second kappa shape index (κ2) is 11.3.